The molecule has 1 amide bonds. The molecule has 5 rings (SSSR count). The lowest BCUT2D eigenvalue weighted by Crippen LogP contribution is -2.40. The van der Waals surface area contributed by atoms with Crippen LogP contribution >= 0.6 is 0 Å². The molecule has 8 heteroatoms. The van der Waals surface area contributed by atoms with Crippen molar-refractivity contribution in [3.63, 3.8) is 0 Å². The largest absolute Gasteiger partial charge is 0.441 e. The van der Waals surface area contributed by atoms with Crippen molar-refractivity contribution in [1.29, 1.82) is 0 Å². The average Bonchev–Trinajstić information content (AvgIpc) is 3.53. The Kier molecular flexibility index (Phi) is 5.03. The Labute approximate surface area is 178 Å². The number of carbonyl (C=O) groups excluding carboxylic acids is 2. The van der Waals surface area contributed by atoms with Gasteiger partial charge in [0.2, 0.25) is 0 Å². The van der Waals surface area contributed by atoms with Crippen molar-refractivity contribution in [2.24, 2.45) is 5.92 Å². The second-order valence-corrected chi connectivity index (χ2v) is 7.77. The van der Waals surface area contributed by atoms with E-state index in [1.54, 1.807) is 11.1 Å². The van der Waals surface area contributed by atoms with E-state index < -0.39 is 0 Å². The number of carbonyl (C=O) groups is 2. The van der Waals surface area contributed by atoms with Gasteiger partial charge >= 0.3 is 5.91 Å². The number of oxazole rings is 1. The molecule has 3 aromatic heterocycles. The number of rotatable bonds is 5. The maximum atomic E-state index is 12.9. The van der Waals surface area contributed by atoms with Crippen molar-refractivity contribution < 1.29 is 14.0 Å². The zero-order chi connectivity index (χ0) is 21.2. The molecular weight excluding hydrogens is 394 g/mol. The van der Waals surface area contributed by atoms with Gasteiger partial charge in [0, 0.05) is 54.5 Å². The van der Waals surface area contributed by atoms with Gasteiger partial charge < -0.3 is 9.32 Å². The lowest BCUT2D eigenvalue weighted by atomic mass is 9.90. The molecule has 0 unspecified atom stereocenters. The van der Waals surface area contributed by atoms with Crippen molar-refractivity contribution in [1.82, 2.24) is 25.1 Å². The Hall–Kier alpha value is -3.81. The third-order valence-corrected chi connectivity index (χ3v) is 5.82. The van der Waals surface area contributed by atoms with E-state index in [0.29, 0.717) is 32.4 Å². The zero-order valence-corrected chi connectivity index (χ0v) is 16.8. The minimum absolute atomic E-state index is 0.0663. The summed E-state index contributed by atoms with van der Waals surface area (Å²) in [5, 5.41) is 8.90. The van der Waals surface area contributed by atoms with Crippen LogP contribution < -0.4 is 0 Å². The highest BCUT2D eigenvalue weighted by molar-refractivity contribution is 5.90. The Bertz CT molecular complexity index is 1210. The van der Waals surface area contributed by atoms with E-state index >= 15 is 0 Å². The van der Waals surface area contributed by atoms with Crippen LogP contribution in [0.1, 0.15) is 29.2 Å². The summed E-state index contributed by atoms with van der Waals surface area (Å²) in [6, 6.07) is 8.13. The number of Topliss-reactive ketones (excluding diaryl/α,β-unsaturated/α-hetero) is 1. The molecule has 4 heterocycles. The van der Waals surface area contributed by atoms with Gasteiger partial charge in [-0.3, -0.25) is 19.7 Å². The average molecular weight is 415 g/mol. The van der Waals surface area contributed by atoms with Gasteiger partial charge in [0.1, 0.15) is 12.0 Å². The number of fused-ring (bicyclic) bond motifs is 1. The molecule has 4 aromatic rings. The van der Waals surface area contributed by atoms with Gasteiger partial charge in [-0.15, -0.1) is 0 Å². The molecule has 1 aliphatic heterocycles. The number of aromatic amines is 1. The van der Waals surface area contributed by atoms with Gasteiger partial charge in [-0.05, 0) is 35.9 Å². The highest BCUT2D eigenvalue weighted by Gasteiger charge is 2.29. The summed E-state index contributed by atoms with van der Waals surface area (Å²) < 4.78 is 5.09. The molecule has 0 spiro atoms. The van der Waals surface area contributed by atoms with Gasteiger partial charge in [-0.2, -0.15) is 5.10 Å². The molecule has 1 saturated heterocycles. The normalized spacial score (nSPS) is 14.8. The van der Waals surface area contributed by atoms with Gasteiger partial charge in [0.05, 0.1) is 12.4 Å². The molecule has 1 aliphatic rings. The third-order valence-electron chi connectivity index (χ3n) is 5.82. The van der Waals surface area contributed by atoms with Crippen LogP contribution in [0.2, 0.25) is 0 Å². The molecule has 0 aliphatic carbocycles. The number of likely N-dealkylation sites (tertiary alicyclic amines) is 1. The first-order valence-electron chi connectivity index (χ1n) is 10.3. The van der Waals surface area contributed by atoms with E-state index in [2.05, 4.69) is 26.2 Å². The number of hydrogen-bond donors (Lipinski definition) is 1. The SMILES string of the molecule is O=C(Cc1cc2cc(-c3cn[nH]c3)ccc2cn1)C1CCN(C(=O)c2ncco2)CC1. The standard InChI is InChI=1S/C23H21N5O3/c29-21(15-3-6-28(7-4-15)23(30)22-24-5-8-31-22)11-20-10-18-9-16(19-13-26-27-14-19)1-2-17(18)12-25-20/h1-2,5,8-10,12-15H,3-4,6-7,11H2,(H,26,27). The van der Waals surface area contributed by atoms with Crippen molar-refractivity contribution in [3.05, 3.63) is 66.9 Å². The summed E-state index contributed by atoms with van der Waals surface area (Å²) >= 11 is 0. The zero-order valence-electron chi connectivity index (χ0n) is 16.8. The Morgan fingerprint density at radius 1 is 1.06 bits per heavy atom. The summed E-state index contributed by atoms with van der Waals surface area (Å²) in [5.74, 6) is -0.0233. The number of amides is 1. The second kappa shape index (κ2) is 8.14. The lowest BCUT2D eigenvalue weighted by Gasteiger charge is -2.30. The molecule has 0 saturated carbocycles. The van der Waals surface area contributed by atoms with Crippen molar-refractivity contribution in [3.8, 4) is 11.1 Å². The fourth-order valence-corrected chi connectivity index (χ4v) is 4.06. The van der Waals surface area contributed by atoms with E-state index in [0.717, 1.165) is 27.6 Å². The van der Waals surface area contributed by atoms with Crippen LogP contribution in [0.5, 0.6) is 0 Å². The number of benzene rings is 1. The summed E-state index contributed by atoms with van der Waals surface area (Å²) in [7, 11) is 0. The summed E-state index contributed by atoms with van der Waals surface area (Å²) in [5.41, 5.74) is 2.84. The number of H-pyrrole nitrogens is 1. The number of hydrogen-bond acceptors (Lipinski definition) is 6. The number of ketones is 1. The van der Waals surface area contributed by atoms with Crippen molar-refractivity contribution >= 4 is 22.5 Å². The first kappa shape index (κ1) is 19.2. The Morgan fingerprint density at radius 3 is 2.68 bits per heavy atom. The van der Waals surface area contributed by atoms with Crippen LogP contribution in [0.25, 0.3) is 21.9 Å². The van der Waals surface area contributed by atoms with Crippen LogP contribution in [0, 0.1) is 5.92 Å². The minimum Gasteiger partial charge on any atom is -0.441 e. The number of aromatic nitrogens is 4. The smallest absolute Gasteiger partial charge is 0.309 e. The molecular formula is C23H21N5O3. The van der Waals surface area contributed by atoms with E-state index in [9.17, 15) is 9.59 Å². The fourth-order valence-electron chi connectivity index (χ4n) is 4.06. The highest BCUT2D eigenvalue weighted by Crippen LogP contribution is 2.25. The quantitative estimate of drug-likeness (QED) is 0.536. The van der Waals surface area contributed by atoms with Crippen molar-refractivity contribution in [2.45, 2.75) is 19.3 Å². The van der Waals surface area contributed by atoms with E-state index in [1.165, 1.54) is 12.5 Å². The van der Waals surface area contributed by atoms with Crippen LogP contribution in [-0.4, -0.2) is 49.8 Å². The molecule has 1 fully saturated rings. The molecule has 31 heavy (non-hydrogen) atoms. The van der Waals surface area contributed by atoms with Crippen LogP contribution in [0.15, 0.2) is 59.7 Å². The molecule has 1 N–H and O–H groups in total. The monoisotopic (exact) mass is 415 g/mol. The Balaban J connectivity index is 1.24. The number of nitrogens with one attached hydrogen (secondary N) is 1. The van der Waals surface area contributed by atoms with Gasteiger partial charge in [0.15, 0.2) is 0 Å². The topological polar surface area (TPSA) is 105 Å². The maximum Gasteiger partial charge on any atom is 0.309 e. The number of piperidine rings is 1. The van der Waals surface area contributed by atoms with Gasteiger partial charge in [-0.25, -0.2) is 4.98 Å². The predicted octanol–water partition coefficient (Wildman–Crippen LogP) is 3.28. The summed E-state index contributed by atoms with van der Waals surface area (Å²) in [6.07, 6.45) is 9.88. The van der Waals surface area contributed by atoms with E-state index in [1.807, 2.05) is 30.6 Å². The molecule has 1 aromatic carbocycles. The van der Waals surface area contributed by atoms with Crippen molar-refractivity contribution in [2.75, 3.05) is 13.1 Å². The van der Waals surface area contributed by atoms with Crippen LogP contribution in [0.3, 0.4) is 0 Å². The maximum absolute atomic E-state index is 12.9. The first-order chi connectivity index (χ1) is 15.2. The van der Waals surface area contributed by atoms with Gasteiger partial charge in [-0.1, -0.05) is 12.1 Å². The highest BCUT2D eigenvalue weighted by atomic mass is 16.4. The van der Waals surface area contributed by atoms with E-state index in [-0.39, 0.29) is 23.5 Å². The fraction of sp³-hybridized carbons (Fsp3) is 0.261. The lowest BCUT2D eigenvalue weighted by molar-refractivity contribution is -0.123. The summed E-state index contributed by atoms with van der Waals surface area (Å²) in [4.78, 5) is 35.3. The molecule has 156 valence electrons. The molecule has 0 radical (unpaired) electrons. The third kappa shape index (κ3) is 3.96. The van der Waals surface area contributed by atoms with Gasteiger partial charge in [0.25, 0.3) is 5.89 Å². The first-order valence-corrected chi connectivity index (χ1v) is 10.3. The Morgan fingerprint density at radius 2 is 1.94 bits per heavy atom. The van der Waals surface area contributed by atoms with Crippen LogP contribution in [-0.2, 0) is 11.2 Å². The number of pyridine rings is 1. The molecule has 8 nitrogen and oxygen atoms in total. The van der Waals surface area contributed by atoms with Crippen LogP contribution in [0.4, 0.5) is 0 Å². The summed E-state index contributed by atoms with van der Waals surface area (Å²) in [6.45, 7) is 1.05. The van der Waals surface area contributed by atoms with E-state index in [4.69, 9.17) is 4.42 Å². The second-order valence-electron chi connectivity index (χ2n) is 7.77. The predicted molar refractivity (Wildman–Crippen MR) is 113 cm³/mol. The molecule has 0 atom stereocenters. The molecule has 0 bridgehead atoms. The minimum atomic E-state index is -0.222. The number of nitrogens with zero attached hydrogens (tertiary/aromatic N) is 4.